The van der Waals surface area contributed by atoms with E-state index in [4.69, 9.17) is 10.5 Å². The van der Waals surface area contributed by atoms with E-state index in [2.05, 4.69) is 15.6 Å². The van der Waals surface area contributed by atoms with E-state index in [1.807, 2.05) is 32.9 Å². The number of hydrogen-bond acceptors (Lipinski definition) is 3. The minimum atomic E-state index is -0.150. The number of nitrogens with two attached hydrogens (primary N) is 1. The fraction of sp³-hybridized carbons (Fsp3) is 0.467. The predicted octanol–water partition coefficient (Wildman–Crippen LogP) is 1.86. The molecule has 0 unspecified atom stereocenters. The Kier molecular flexibility index (Phi) is 5.58. The van der Waals surface area contributed by atoms with Gasteiger partial charge >= 0.3 is 0 Å². The molecule has 21 heavy (non-hydrogen) atoms. The van der Waals surface area contributed by atoms with Gasteiger partial charge in [-0.2, -0.15) is 0 Å². The lowest BCUT2D eigenvalue weighted by Gasteiger charge is -2.21. The summed E-state index contributed by atoms with van der Waals surface area (Å²) >= 11 is 0. The molecule has 0 atom stereocenters. The first-order valence-electron chi connectivity index (χ1n) is 6.74. The van der Waals surface area contributed by atoms with Gasteiger partial charge in [-0.05, 0) is 38.5 Å². The number of guanidine groups is 1. The van der Waals surface area contributed by atoms with Gasteiger partial charge in [0.15, 0.2) is 5.96 Å². The molecule has 0 spiro atoms. The number of methoxy groups -OCH3 is 1. The van der Waals surface area contributed by atoms with Crippen LogP contribution in [0.2, 0.25) is 0 Å². The van der Waals surface area contributed by atoms with Gasteiger partial charge in [0.25, 0.3) is 0 Å². The molecule has 0 saturated heterocycles. The highest BCUT2D eigenvalue weighted by Crippen LogP contribution is 2.25. The number of benzene rings is 1. The molecule has 116 valence electrons. The van der Waals surface area contributed by atoms with Gasteiger partial charge in [-0.1, -0.05) is 6.07 Å². The average molecular weight is 292 g/mol. The summed E-state index contributed by atoms with van der Waals surface area (Å²) in [5, 5.41) is 5.82. The first-order valence-corrected chi connectivity index (χ1v) is 6.74. The van der Waals surface area contributed by atoms with E-state index in [1.165, 1.54) is 6.92 Å². The Labute approximate surface area is 125 Å². The molecular weight excluding hydrogens is 268 g/mol. The van der Waals surface area contributed by atoms with E-state index in [1.54, 1.807) is 13.2 Å². The summed E-state index contributed by atoms with van der Waals surface area (Å²) in [6.07, 6.45) is 0. The van der Waals surface area contributed by atoms with Crippen LogP contribution in [0.1, 0.15) is 33.3 Å². The Bertz CT molecular complexity index is 533. The van der Waals surface area contributed by atoms with Crippen LogP contribution in [0.5, 0.6) is 5.75 Å². The maximum absolute atomic E-state index is 11.2. The van der Waals surface area contributed by atoms with Gasteiger partial charge < -0.3 is 21.1 Å². The maximum Gasteiger partial charge on any atom is 0.221 e. The molecule has 1 rings (SSSR count). The van der Waals surface area contributed by atoms with Gasteiger partial charge in [0, 0.05) is 12.5 Å². The first-order chi connectivity index (χ1) is 9.71. The smallest absolute Gasteiger partial charge is 0.221 e. The molecule has 0 aliphatic rings. The van der Waals surface area contributed by atoms with Crippen LogP contribution >= 0.6 is 0 Å². The van der Waals surface area contributed by atoms with Crippen LogP contribution in [0.15, 0.2) is 23.2 Å². The largest absolute Gasteiger partial charge is 0.495 e. The highest BCUT2D eigenvalue weighted by molar-refractivity contribution is 5.90. The third-order valence-corrected chi connectivity index (χ3v) is 2.51. The van der Waals surface area contributed by atoms with Crippen LogP contribution in [-0.2, 0) is 11.3 Å². The second-order valence-electron chi connectivity index (χ2n) is 5.79. The number of rotatable bonds is 4. The van der Waals surface area contributed by atoms with Crippen molar-refractivity contribution >= 4 is 17.6 Å². The van der Waals surface area contributed by atoms with Crippen LogP contribution in [0.25, 0.3) is 0 Å². The minimum Gasteiger partial charge on any atom is -0.495 e. The van der Waals surface area contributed by atoms with Crippen molar-refractivity contribution in [2.75, 3.05) is 12.4 Å². The molecular formula is C15H24N4O2. The molecule has 0 aromatic heterocycles. The molecule has 0 fully saturated rings. The quantitative estimate of drug-likeness (QED) is 0.584. The van der Waals surface area contributed by atoms with Crippen molar-refractivity contribution in [3.8, 4) is 5.75 Å². The van der Waals surface area contributed by atoms with E-state index < -0.39 is 0 Å². The summed E-state index contributed by atoms with van der Waals surface area (Å²) in [6.45, 7) is 7.91. The Balaban J connectivity index is 2.85. The topological polar surface area (TPSA) is 88.7 Å². The third-order valence-electron chi connectivity index (χ3n) is 2.51. The average Bonchev–Trinajstić information content (AvgIpc) is 2.34. The van der Waals surface area contributed by atoms with Gasteiger partial charge in [0.05, 0.1) is 19.3 Å². The number of carbonyl (C=O) groups is 1. The SMILES string of the molecule is COc1ccc(CN=C(N)NC(C)(C)C)cc1NC(C)=O. The molecule has 0 heterocycles. The lowest BCUT2D eigenvalue weighted by atomic mass is 10.1. The van der Waals surface area contributed by atoms with Crippen LogP contribution in [-0.4, -0.2) is 24.5 Å². The van der Waals surface area contributed by atoms with Crippen molar-refractivity contribution in [2.45, 2.75) is 39.8 Å². The molecule has 1 aromatic carbocycles. The minimum absolute atomic E-state index is 0.130. The predicted molar refractivity (Wildman–Crippen MR) is 85.5 cm³/mol. The second-order valence-corrected chi connectivity index (χ2v) is 5.79. The van der Waals surface area contributed by atoms with Gasteiger partial charge in [0.2, 0.25) is 5.91 Å². The third kappa shape index (κ3) is 6.16. The van der Waals surface area contributed by atoms with Crippen molar-refractivity contribution in [3.05, 3.63) is 23.8 Å². The molecule has 1 aromatic rings. The van der Waals surface area contributed by atoms with Crippen molar-refractivity contribution in [2.24, 2.45) is 10.7 Å². The van der Waals surface area contributed by atoms with E-state index in [0.717, 1.165) is 5.56 Å². The number of nitrogens with one attached hydrogen (secondary N) is 2. The van der Waals surface area contributed by atoms with Gasteiger partial charge in [-0.25, -0.2) is 4.99 Å². The molecule has 6 nitrogen and oxygen atoms in total. The van der Waals surface area contributed by atoms with E-state index in [0.29, 0.717) is 23.9 Å². The number of nitrogens with zero attached hydrogens (tertiary/aromatic N) is 1. The highest BCUT2D eigenvalue weighted by Gasteiger charge is 2.10. The van der Waals surface area contributed by atoms with Crippen molar-refractivity contribution < 1.29 is 9.53 Å². The molecule has 0 aliphatic heterocycles. The van der Waals surface area contributed by atoms with Crippen molar-refractivity contribution in [3.63, 3.8) is 0 Å². The molecule has 4 N–H and O–H groups in total. The molecule has 1 amide bonds. The molecule has 0 bridgehead atoms. The van der Waals surface area contributed by atoms with Crippen molar-refractivity contribution in [1.29, 1.82) is 0 Å². The van der Waals surface area contributed by atoms with Gasteiger partial charge in [0.1, 0.15) is 5.75 Å². The zero-order chi connectivity index (χ0) is 16.0. The van der Waals surface area contributed by atoms with E-state index in [9.17, 15) is 4.79 Å². The van der Waals surface area contributed by atoms with Crippen LogP contribution < -0.4 is 21.1 Å². The summed E-state index contributed by atoms with van der Waals surface area (Å²) in [4.78, 5) is 15.5. The first kappa shape index (κ1) is 16.8. The van der Waals surface area contributed by atoms with E-state index in [-0.39, 0.29) is 11.4 Å². The number of ether oxygens (including phenoxy) is 1. The van der Waals surface area contributed by atoms with Crippen LogP contribution in [0, 0.1) is 0 Å². The molecule has 6 heteroatoms. The Morgan fingerprint density at radius 2 is 2.05 bits per heavy atom. The molecule has 0 aliphatic carbocycles. The number of aliphatic imine (C=N–C) groups is 1. The zero-order valence-corrected chi connectivity index (χ0v) is 13.3. The fourth-order valence-corrected chi connectivity index (χ4v) is 1.74. The zero-order valence-electron chi connectivity index (χ0n) is 13.3. The summed E-state index contributed by atoms with van der Waals surface area (Å²) in [5.74, 6) is 0.848. The highest BCUT2D eigenvalue weighted by atomic mass is 16.5. The summed E-state index contributed by atoms with van der Waals surface area (Å²) in [6, 6.07) is 5.51. The second kappa shape index (κ2) is 6.97. The summed E-state index contributed by atoms with van der Waals surface area (Å²) in [7, 11) is 1.56. The Morgan fingerprint density at radius 1 is 1.38 bits per heavy atom. The Morgan fingerprint density at radius 3 is 2.57 bits per heavy atom. The Hall–Kier alpha value is -2.24. The van der Waals surface area contributed by atoms with Gasteiger partial charge in [-0.3, -0.25) is 4.79 Å². The molecule has 0 saturated carbocycles. The maximum atomic E-state index is 11.2. The number of anilines is 1. The van der Waals surface area contributed by atoms with Crippen LogP contribution in [0.3, 0.4) is 0 Å². The fourth-order valence-electron chi connectivity index (χ4n) is 1.74. The lowest BCUT2D eigenvalue weighted by Crippen LogP contribution is -2.44. The summed E-state index contributed by atoms with van der Waals surface area (Å²) < 4.78 is 5.21. The van der Waals surface area contributed by atoms with E-state index >= 15 is 0 Å². The van der Waals surface area contributed by atoms with Crippen LogP contribution in [0.4, 0.5) is 5.69 Å². The van der Waals surface area contributed by atoms with Gasteiger partial charge in [-0.15, -0.1) is 0 Å². The lowest BCUT2D eigenvalue weighted by molar-refractivity contribution is -0.114. The normalized spacial score (nSPS) is 12.0. The number of amides is 1. The number of hydrogen-bond donors (Lipinski definition) is 3. The van der Waals surface area contributed by atoms with Crippen molar-refractivity contribution in [1.82, 2.24) is 5.32 Å². The standard InChI is InChI=1S/C15H24N4O2/c1-10(20)18-12-8-11(6-7-13(12)21-5)9-17-14(16)19-15(2,3)4/h6-8H,9H2,1-5H3,(H,18,20)(H3,16,17,19). The number of carbonyl (C=O) groups excluding carboxylic acids is 1. The monoisotopic (exact) mass is 292 g/mol. The molecule has 0 radical (unpaired) electrons. The summed E-state index contributed by atoms with van der Waals surface area (Å²) in [5.41, 5.74) is 7.25.